The summed E-state index contributed by atoms with van der Waals surface area (Å²) < 4.78 is 5.53. The number of ether oxygens (including phenoxy) is 1. The van der Waals surface area contributed by atoms with Gasteiger partial charge in [-0.1, -0.05) is 24.6 Å². The van der Waals surface area contributed by atoms with E-state index in [1.807, 2.05) is 0 Å². The van der Waals surface area contributed by atoms with E-state index in [4.69, 9.17) is 4.74 Å². The molecule has 1 unspecified atom stereocenters. The van der Waals surface area contributed by atoms with Crippen LogP contribution in [-0.2, 0) is 6.42 Å². The number of aromatic amines is 1. The number of nitrogens with one attached hydrogen (secondary N) is 1. The summed E-state index contributed by atoms with van der Waals surface area (Å²) in [4.78, 5) is 0. The van der Waals surface area contributed by atoms with E-state index in [9.17, 15) is 0 Å². The van der Waals surface area contributed by atoms with E-state index in [1.165, 1.54) is 16.7 Å². The van der Waals surface area contributed by atoms with Gasteiger partial charge in [0, 0.05) is 0 Å². The second kappa shape index (κ2) is 5.21. The van der Waals surface area contributed by atoms with Crippen molar-refractivity contribution in [3.05, 3.63) is 40.7 Å². The summed E-state index contributed by atoms with van der Waals surface area (Å²) >= 11 is 0. The van der Waals surface area contributed by atoms with Gasteiger partial charge in [0.1, 0.15) is 5.75 Å². The Bertz CT molecular complexity index is 520. The highest BCUT2D eigenvalue weighted by molar-refractivity contribution is 5.45. The molecule has 1 aromatic heterocycles. The largest absolute Gasteiger partial charge is 0.496 e. The topological polar surface area (TPSA) is 50.8 Å². The van der Waals surface area contributed by atoms with Crippen LogP contribution in [0.1, 0.15) is 35.2 Å². The van der Waals surface area contributed by atoms with E-state index in [1.54, 1.807) is 13.3 Å². The van der Waals surface area contributed by atoms with Crippen LogP contribution in [0.25, 0.3) is 0 Å². The molecule has 2 rings (SSSR count). The Morgan fingerprint density at radius 1 is 1.33 bits per heavy atom. The Hall–Kier alpha value is -1.84. The third-order valence-electron chi connectivity index (χ3n) is 3.16. The SMILES string of the molecule is COc1c(C)cc(C)cc1C(C)Cc1cn[nH]n1. The van der Waals surface area contributed by atoms with E-state index < -0.39 is 0 Å². The molecule has 1 atom stereocenters. The number of nitrogens with zero attached hydrogens (tertiary/aromatic N) is 2. The molecular weight excluding hydrogens is 226 g/mol. The summed E-state index contributed by atoms with van der Waals surface area (Å²) in [5, 5.41) is 10.6. The quantitative estimate of drug-likeness (QED) is 0.901. The standard InChI is InChI=1S/C14H19N3O/c1-9-5-11(3)14(18-4)13(6-9)10(2)7-12-8-15-17-16-12/h5-6,8,10H,7H2,1-4H3,(H,15,16,17). The summed E-state index contributed by atoms with van der Waals surface area (Å²) in [6, 6.07) is 4.34. The van der Waals surface area contributed by atoms with Gasteiger partial charge in [0.2, 0.25) is 0 Å². The number of rotatable bonds is 4. The Kier molecular flexibility index (Phi) is 3.65. The molecule has 4 heteroatoms. The van der Waals surface area contributed by atoms with Crippen LogP contribution in [0, 0.1) is 13.8 Å². The molecule has 0 aliphatic carbocycles. The molecule has 0 spiro atoms. The van der Waals surface area contributed by atoms with E-state index in [0.29, 0.717) is 5.92 Å². The van der Waals surface area contributed by atoms with Crippen molar-refractivity contribution < 1.29 is 4.74 Å². The predicted octanol–water partition coefficient (Wildman–Crippen LogP) is 2.78. The van der Waals surface area contributed by atoms with Crippen LogP contribution in [0.15, 0.2) is 18.3 Å². The van der Waals surface area contributed by atoms with Crippen molar-refractivity contribution in [2.45, 2.75) is 33.1 Å². The molecule has 0 aliphatic heterocycles. The molecule has 18 heavy (non-hydrogen) atoms. The lowest BCUT2D eigenvalue weighted by molar-refractivity contribution is 0.403. The van der Waals surface area contributed by atoms with Crippen molar-refractivity contribution in [1.29, 1.82) is 0 Å². The van der Waals surface area contributed by atoms with Gasteiger partial charge in [-0.2, -0.15) is 15.4 Å². The number of H-pyrrole nitrogens is 1. The number of methoxy groups -OCH3 is 1. The van der Waals surface area contributed by atoms with Crippen LogP contribution in [0.4, 0.5) is 0 Å². The second-order valence-corrected chi connectivity index (χ2v) is 4.77. The Labute approximate surface area is 107 Å². The molecule has 0 amide bonds. The Balaban J connectivity index is 2.31. The van der Waals surface area contributed by atoms with Gasteiger partial charge < -0.3 is 4.74 Å². The monoisotopic (exact) mass is 245 g/mol. The van der Waals surface area contributed by atoms with Crippen molar-refractivity contribution in [2.24, 2.45) is 0 Å². The van der Waals surface area contributed by atoms with Crippen molar-refractivity contribution >= 4 is 0 Å². The molecule has 0 bridgehead atoms. The van der Waals surface area contributed by atoms with E-state index in [-0.39, 0.29) is 0 Å². The van der Waals surface area contributed by atoms with Crippen molar-refractivity contribution in [2.75, 3.05) is 7.11 Å². The first-order valence-corrected chi connectivity index (χ1v) is 6.11. The molecule has 0 saturated heterocycles. The minimum atomic E-state index is 0.351. The van der Waals surface area contributed by atoms with Crippen molar-refractivity contribution in [1.82, 2.24) is 15.4 Å². The molecule has 1 N–H and O–H groups in total. The Morgan fingerprint density at radius 3 is 2.72 bits per heavy atom. The maximum absolute atomic E-state index is 5.53. The number of hydrogen-bond acceptors (Lipinski definition) is 3. The summed E-state index contributed by atoms with van der Waals surface area (Å²) in [6.07, 6.45) is 2.63. The number of aromatic nitrogens is 3. The molecule has 0 aliphatic rings. The number of benzene rings is 1. The summed E-state index contributed by atoms with van der Waals surface area (Å²) in [7, 11) is 1.73. The normalized spacial score (nSPS) is 12.4. The first-order chi connectivity index (χ1) is 8.61. The van der Waals surface area contributed by atoms with Crippen LogP contribution in [-0.4, -0.2) is 22.5 Å². The van der Waals surface area contributed by atoms with E-state index in [2.05, 4.69) is 48.3 Å². The minimum Gasteiger partial charge on any atom is -0.496 e. The van der Waals surface area contributed by atoms with Crippen LogP contribution >= 0.6 is 0 Å². The zero-order valence-electron chi connectivity index (χ0n) is 11.3. The van der Waals surface area contributed by atoms with Gasteiger partial charge in [-0.15, -0.1) is 0 Å². The van der Waals surface area contributed by atoms with Gasteiger partial charge in [-0.3, -0.25) is 0 Å². The molecule has 0 saturated carbocycles. The lowest BCUT2D eigenvalue weighted by Gasteiger charge is -2.17. The fraction of sp³-hybridized carbons (Fsp3) is 0.429. The van der Waals surface area contributed by atoms with E-state index in [0.717, 1.165) is 17.9 Å². The number of aryl methyl sites for hydroxylation is 2. The number of hydrogen-bond donors (Lipinski definition) is 1. The summed E-state index contributed by atoms with van der Waals surface area (Å²) in [6.45, 7) is 6.38. The molecule has 0 radical (unpaired) electrons. The maximum Gasteiger partial charge on any atom is 0.125 e. The lowest BCUT2D eigenvalue weighted by atomic mass is 9.92. The first-order valence-electron chi connectivity index (χ1n) is 6.11. The molecule has 1 heterocycles. The average molecular weight is 245 g/mol. The Morgan fingerprint density at radius 2 is 2.11 bits per heavy atom. The van der Waals surface area contributed by atoms with Gasteiger partial charge >= 0.3 is 0 Å². The summed E-state index contributed by atoms with van der Waals surface area (Å²) in [5.41, 5.74) is 4.65. The van der Waals surface area contributed by atoms with Gasteiger partial charge in [0.05, 0.1) is 19.0 Å². The molecule has 96 valence electrons. The highest BCUT2D eigenvalue weighted by Crippen LogP contribution is 2.32. The fourth-order valence-electron chi connectivity index (χ4n) is 2.38. The van der Waals surface area contributed by atoms with Gasteiger partial charge in [-0.25, -0.2) is 0 Å². The third kappa shape index (κ3) is 2.53. The predicted molar refractivity (Wildman–Crippen MR) is 71.0 cm³/mol. The highest BCUT2D eigenvalue weighted by Gasteiger charge is 2.15. The molecule has 1 aromatic carbocycles. The van der Waals surface area contributed by atoms with Gasteiger partial charge in [0.25, 0.3) is 0 Å². The van der Waals surface area contributed by atoms with E-state index >= 15 is 0 Å². The molecule has 0 fully saturated rings. The molecular formula is C14H19N3O. The minimum absolute atomic E-state index is 0.351. The average Bonchev–Trinajstić information content (AvgIpc) is 2.80. The zero-order chi connectivity index (χ0) is 13.1. The van der Waals surface area contributed by atoms with Crippen molar-refractivity contribution in [3.63, 3.8) is 0 Å². The smallest absolute Gasteiger partial charge is 0.125 e. The zero-order valence-corrected chi connectivity index (χ0v) is 11.3. The highest BCUT2D eigenvalue weighted by atomic mass is 16.5. The van der Waals surface area contributed by atoms with Crippen LogP contribution in [0.2, 0.25) is 0 Å². The van der Waals surface area contributed by atoms with Gasteiger partial charge in [-0.05, 0) is 37.3 Å². The molecule has 2 aromatic rings. The molecule has 4 nitrogen and oxygen atoms in total. The third-order valence-corrected chi connectivity index (χ3v) is 3.16. The first kappa shape index (κ1) is 12.6. The van der Waals surface area contributed by atoms with Crippen LogP contribution in [0.3, 0.4) is 0 Å². The maximum atomic E-state index is 5.53. The van der Waals surface area contributed by atoms with Crippen LogP contribution in [0.5, 0.6) is 5.75 Å². The second-order valence-electron chi connectivity index (χ2n) is 4.77. The lowest BCUT2D eigenvalue weighted by Crippen LogP contribution is -2.03. The van der Waals surface area contributed by atoms with Crippen molar-refractivity contribution in [3.8, 4) is 5.75 Å². The fourth-order valence-corrected chi connectivity index (χ4v) is 2.38. The summed E-state index contributed by atoms with van der Waals surface area (Å²) in [5.74, 6) is 1.33. The van der Waals surface area contributed by atoms with Gasteiger partial charge in [0.15, 0.2) is 0 Å². The van der Waals surface area contributed by atoms with Crippen LogP contribution < -0.4 is 4.74 Å².